The standard InChI is InChI=1S/C34H38N4O4/c1-7-23-24(8-2)30-18-32-26(12-14-34(40)42-6)20(4)28(37-32)16-22-10-9-21(35-22)15-27-19(3)25(11-13-33(39)41-5)31(36-27)17-29(23)38-30/h9-10,15-18,35,38H,7-8,11-14H2,1-6H3. The molecule has 0 aromatic carbocycles. The van der Waals surface area contributed by atoms with Gasteiger partial charge in [0.2, 0.25) is 0 Å². The Kier molecular flexibility index (Phi) is 8.43. The molecule has 0 saturated carbocycles. The number of aryl methyl sites for hydroxylation is 2. The molecule has 0 spiro atoms. The number of esters is 2. The molecule has 5 rings (SSSR count). The second-order valence-corrected chi connectivity index (χ2v) is 10.7. The van der Waals surface area contributed by atoms with Crippen molar-refractivity contribution in [1.29, 1.82) is 0 Å². The fourth-order valence-electron chi connectivity index (χ4n) is 5.91. The summed E-state index contributed by atoms with van der Waals surface area (Å²) >= 11 is 0. The van der Waals surface area contributed by atoms with Crippen molar-refractivity contribution in [2.24, 2.45) is 0 Å². The van der Waals surface area contributed by atoms with Crippen molar-refractivity contribution < 1.29 is 19.1 Å². The minimum Gasteiger partial charge on any atom is -0.469 e. The van der Waals surface area contributed by atoms with E-state index in [2.05, 4.69) is 49.8 Å². The van der Waals surface area contributed by atoms with Gasteiger partial charge in [-0.25, -0.2) is 9.97 Å². The van der Waals surface area contributed by atoms with E-state index < -0.39 is 0 Å². The topological polar surface area (TPSA) is 110 Å². The van der Waals surface area contributed by atoms with Crippen LogP contribution in [0, 0.1) is 0 Å². The quantitative estimate of drug-likeness (QED) is 0.279. The van der Waals surface area contributed by atoms with Gasteiger partial charge in [0.15, 0.2) is 0 Å². The van der Waals surface area contributed by atoms with Crippen LogP contribution < -0.4 is 0 Å². The Morgan fingerprint density at radius 1 is 0.667 bits per heavy atom. The SMILES string of the molecule is CCc1c(CC)c2cc3nc(cc4ccc(cc5nc(cc1[nH]2)C(CCC(=O)OC)=C5C)[nH]4)C(C)=C3CCC(=O)OC. The molecular formula is C34H38N4O4. The van der Waals surface area contributed by atoms with E-state index >= 15 is 0 Å². The number of hydrogen-bond donors (Lipinski definition) is 2. The van der Waals surface area contributed by atoms with Gasteiger partial charge in [0, 0.05) is 34.9 Å². The van der Waals surface area contributed by atoms with Gasteiger partial charge in [0.25, 0.3) is 0 Å². The molecule has 5 heterocycles. The normalized spacial score (nSPS) is 13.1. The maximum absolute atomic E-state index is 12.1. The summed E-state index contributed by atoms with van der Waals surface area (Å²) < 4.78 is 9.86. The van der Waals surface area contributed by atoms with Crippen LogP contribution >= 0.6 is 0 Å². The number of rotatable bonds is 8. The van der Waals surface area contributed by atoms with E-state index in [9.17, 15) is 9.59 Å². The fourth-order valence-corrected chi connectivity index (χ4v) is 5.91. The third-order valence-electron chi connectivity index (χ3n) is 8.26. The monoisotopic (exact) mass is 566 g/mol. The van der Waals surface area contributed by atoms with Crippen molar-refractivity contribution in [2.45, 2.75) is 66.2 Å². The van der Waals surface area contributed by atoms with Crippen LogP contribution in [-0.2, 0) is 31.9 Å². The third-order valence-corrected chi connectivity index (χ3v) is 8.26. The van der Waals surface area contributed by atoms with E-state index in [4.69, 9.17) is 19.4 Å². The molecule has 3 aromatic rings. The van der Waals surface area contributed by atoms with Crippen LogP contribution in [0.2, 0.25) is 0 Å². The summed E-state index contributed by atoms with van der Waals surface area (Å²) in [6.07, 6.45) is 3.35. The van der Waals surface area contributed by atoms with Crippen LogP contribution in [0.1, 0.15) is 87.3 Å². The second-order valence-electron chi connectivity index (χ2n) is 10.7. The highest BCUT2D eigenvalue weighted by atomic mass is 16.5. The zero-order valence-corrected chi connectivity index (χ0v) is 25.2. The summed E-state index contributed by atoms with van der Waals surface area (Å²) in [5.41, 5.74) is 13.9. The lowest BCUT2D eigenvalue weighted by Crippen LogP contribution is -2.00. The number of hydrogen-bond acceptors (Lipinski definition) is 6. The van der Waals surface area contributed by atoms with Gasteiger partial charge >= 0.3 is 11.9 Å². The lowest BCUT2D eigenvalue weighted by atomic mass is 10.00. The molecule has 2 N–H and O–H groups in total. The molecule has 0 amide bonds. The Labute approximate surface area is 245 Å². The molecule has 0 unspecified atom stereocenters. The number of aromatic amines is 2. The first-order valence-electron chi connectivity index (χ1n) is 14.5. The van der Waals surface area contributed by atoms with Gasteiger partial charge < -0.3 is 19.4 Å². The largest absolute Gasteiger partial charge is 0.469 e. The maximum Gasteiger partial charge on any atom is 0.305 e. The highest BCUT2D eigenvalue weighted by Gasteiger charge is 2.21. The smallest absolute Gasteiger partial charge is 0.305 e. The number of carbonyl (C=O) groups excluding carboxylic acids is 2. The Morgan fingerprint density at radius 3 is 1.48 bits per heavy atom. The lowest BCUT2D eigenvalue weighted by Gasteiger charge is -2.04. The third kappa shape index (κ3) is 5.66. The zero-order chi connectivity index (χ0) is 30.0. The first-order chi connectivity index (χ1) is 20.3. The molecule has 0 saturated heterocycles. The molecule has 0 fully saturated rings. The van der Waals surface area contributed by atoms with Gasteiger partial charge in [0.05, 0.1) is 37.0 Å². The summed E-state index contributed by atoms with van der Waals surface area (Å²) in [5.74, 6) is -0.483. The number of aromatic nitrogens is 4. The van der Waals surface area contributed by atoms with E-state index in [0.29, 0.717) is 12.8 Å². The van der Waals surface area contributed by atoms with E-state index in [0.717, 1.165) is 80.0 Å². The van der Waals surface area contributed by atoms with E-state index in [1.165, 1.54) is 25.3 Å². The summed E-state index contributed by atoms with van der Waals surface area (Å²) in [4.78, 5) is 41.4. The van der Waals surface area contributed by atoms with Crippen molar-refractivity contribution in [1.82, 2.24) is 19.9 Å². The second kappa shape index (κ2) is 12.2. The minimum atomic E-state index is -0.242. The van der Waals surface area contributed by atoms with Gasteiger partial charge in [-0.2, -0.15) is 0 Å². The van der Waals surface area contributed by atoms with Gasteiger partial charge in [-0.3, -0.25) is 9.59 Å². The Bertz CT molecular complexity index is 1660. The maximum atomic E-state index is 12.1. The number of carbonyl (C=O) groups is 2. The fraction of sp³-hybridized carbons (Fsp3) is 0.353. The summed E-state index contributed by atoms with van der Waals surface area (Å²) in [6, 6.07) is 12.4. The van der Waals surface area contributed by atoms with Crippen LogP contribution in [0.15, 0.2) is 36.4 Å². The van der Waals surface area contributed by atoms with Gasteiger partial charge in [-0.1, -0.05) is 13.8 Å². The van der Waals surface area contributed by atoms with Crippen LogP contribution in [0.5, 0.6) is 0 Å². The number of fused-ring (bicyclic) bond motifs is 8. The number of allylic oxidation sites excluding steroid dienone is 4. The van der Waals surface area contributed by atoms with Crippen LogP contribution in [0.25, 0.3) is 44.4 Å². The lowest BCUT2D eigenvalue weighted by molar-refractivity contribution is -0.141. The zero-order valence-electron chi connectivity index (χ0n) is 25.2. The highest BCUT2D eigenvalue weighted by Crippen LogP contribution is 2.36. The van der Waals surface area contributed by atoms with Gasteiger partial charge in [-0.15, -0.1) is 0 Å². The molecule has 42 heavy (non-hydrogen) atoms. The number of nitrogens with one attached hydrogen (secondary N) is 2. The summed E-state index contributed by atoms with van der Waals surface area (Å²) in [7, 11) is 2.83. The van der Waals surface area contributed by atoms with E-state index in [-0.39, 0.29) is 24.8 Å². The van der Waals surface area contributed by atoms with E-state index in [1.807, 2.05) is 24.3 Å². The molecule has 218 valence electrons. The molecule has 8 bridgehead atoms. The van der Waals surface area contributed by atoms with Crippen molar-refractivity contribution in [3.05, 3.63) is 70.3 Å². The highest BCUT2D eigenvalue weighted by molar-refractivity contribution is 5.95. The molecule has 3 aromatic heterocycles. The first-order valence-corrected chi connectivity index (χ1v) is 14.5. The van der Waals surface area contributed by atoms with Crippen molar-refractivity contribution in [3.8, 4) is 0 Å². The molecule has 0 aliphatic carbocycles. The average molecular weight is 567 g/mol. The molecule has 2 aliphatic heterocycles. The van der Waals surface area contributed by atoms with E-state index in [1.54, 1.807) is 0 Å². The Hall–Kier alpha value is -4.46. The summed E-state index contributed by atoms with van der Waals surface area (Å²) in [6.45, 7) is 8.45. The van der Waals surface area contributed by atoms with Crippen LogP contribution in [-0.4, -0.2) is 46.1 Å². The predicted molar refractivity (Wildman–Crippen MR) is 167 cm³/mol. The molecule has 8 nitrogen and oxygen atoms in total. The first kappa shape index (κ1) is 29.0. The number of nitrogens with zero attached hydrogens (tertiary/aromatic N) is 2. The molecule has 2 aliphatic rings. The number of ether oxygens (including phenoxy) is 2. The van der Waals surface area contributed by atoms with Gasteiger partial charge in [0.1, 0.15) is 0 Å². The number of H-pyrrole nitrogens is 2. The molecule has 0 radical (unpaired) electrons. The molecular weight excluding hydrogens is 528 g/mol. The number of methoxy groups -OCH3 is 2. The molecule has 0 atom stereocenters. The predicted octanol–water partition coefficient (Wildman–Crippen LogP) is 7.21. The average Bonchev–Trinajstić information content (AvgIpc) is 3.71. The Morgan fingerprint density at radius 2 is 1.10 bits per heavy atom. The van der Waals surface area contributed by atoms with Crippen molar-refractivity contribution in [3.63, 3.8) is 0 Å². The van der Waals surface area contributed by atoms with Crippen molar-refractivity contribution >= 4 is 56.3 Å². The summed E-state index contributed by atoms with van der Waals surface area (Å²) in [5, 5.41) is 0. The minimum absolute atomic E-state index is 0.242. The van der Waals surface area contributed by atoms with Crippen molar-refractivity contribution in [2.75, 3.05) is 14.2 Å². The van der Waals surface area contributed by atoms with Gasteiger partial charge in [-0.05, 0) is 109 Å². The molecule has 8 heteroatoms. The van der Waals surface area contributed by atoms with Crippen LogP contribution in [0.4, 0.5) is 0 Å². The van der Waals surface area contributed by atoms with Crippen LogP contribution in [0.3, 0.4) is 0 Å². The Balaban J connectivity index is 1.81.